The van der Waals surface area contributed by atoms with Crippen molar-refractivity contribution in [1.29, 1.82) is 0 Å². The van der Waals surface area contributed by atoms with E-state index in [2.05, 4.69) is 75.5 Å². The Kier molecular flexibility index (Phi) is 35.1. The maximum atomic E-state index is 2.53. The Morgan fingerprint density at radius 1 is 0.731 bits per heavy atom. The van der Waals surface area contributed by atoms with Crippen molar-refractivity contribution >= 4 is 0 Å². The largest absolute Gasteiger partial charge is 0.308 e. The van der Waals surface area contributed by atoms with E-state index in [0.717, 1.165) is 19.1 Å². The molecule has 1 rings (SSSR count). The Labute approximate surface area is 169 Å². The van der Waals surface area contributed by atoms with Crippen molar-refractivity contribution in [2.45, 2.75) is 82.3 Å². The van der Waals surface area contributed by atoms with Gasteiger partial charge in [-0.2, -0.15) is 0 Å². The van der Waals surface area contributed by atoms with Crippen LogP contribution >= 0.6 is 0 Å². The number of nitrogens with zero attached hydrogens (tertiary/aromatic N) is 4. The molecule has 0 N–H and O–H groups in total. The Hall–Kier alpha value is -0.160. The van der Waals surface area contributed by atoms with E-state index in [9.17, 15) is 0 Å². The molecule has 0 atom stereocenters. The van der Waals surface area contributed by atoms with Crippen molar-refractivity contribution in [3.8, 4) is 0 Å². The quantitative estimate of drug-likeness (QED) is 0.677. The molecule has 1 saturated heterocycles. The Balaban J connectivity index is -0.0000000890. The molecule has 0 amide bonds. The number of hydrogen-bond donors (Lipinski definition) is 0. The minimum atomic E-state index is 0. The van der Waals surface area contributed by atoms with E-state index >= 15 is 0 Å². The predicted molar refractivity (Wildman–Crippen MR) is 127 cm³/mol. The Bertz CT molecular complexity index is 222. The molecule has 0 saturated carbocycles. The van der Waals surface area contributed by atoms with Crippen LogP contribution in [0.2, 0.25) is 0 Å². The number of piperazine rings is 1. The van der Waals surface area contributed by atoms with Crippen molar-refractivity contribution in [3.63, 3.8) is 0 Å². The smallest absolute Gasteiger partial charge is 0.0112 e. The lowest BCUT2D eigenvalue weighted by Gasteiger charge is -2.34. The summed E-state index contributed by atoms with van der Waals surface area (Å²) in [6, 6.07) is 1.40. The summed E-state index contributed by atoms with van der Waals surface area (Å²) in [4.78, 5) is 9.47. The molecule has 1 fully saturated rings. The normalized spacial score (nSPS) is 14.3. The van der Waals surface area contributed by atoms with Crippen LogP contribution < -0.4 is 0 Å². The average Bonchev–Trinajstić information content (AvgIpc) is 2.57. The molecule has 0 aliphatic carbocycles. The molecular weight excluding hydrogens is 320 g/mol. The predicted octanol–water partition coefficient (Wildman–Crippen LogP) is 4.86. The van der Waals surface area contributed by atoms with Crippen molar-refractivity contribution in [1.82, 2.24) is 19.6 Å². The number of hydrogen-bond acceptors (Lipinski definition) is 4. The fraction of sp³-hybridized carbons (Fsp3) is 1.00. The van der Waals surface area contributed by atoms with Gasteiger partial charge in [0.25, 0.3) is 0 Å². The molecule has 0 bridgehead atoms. The van der Waals surface area contributed by atoms with Gasteiger partial charge in [-0.05, 0) is 55.9 Å². The first-order chi connectivity index (χ1) is 11.2. The standard InChI is InChI=1S/C8H18N2.C8H20N2.2C2H6.2CH4/c1-8(2)10-6-4-9(3)5-7-10;1-8(2)10(5)7-6-9(3)4;2*1-2;;/h8H,4-7H2,1-3H3;8H,6-7H2,1-5H3;2*1-2H3;2*1H4. The molecule has 4 heteroatoms. The van der Waals surface area contributed by atoms with Gasteiger partial charge in [0.15, 0.2) is 0 Å². The van der Waals surface area contributed by atoms with Gasteiger partial charge >= 0.3 is 0 Å². The molecule has 0 aromatic carbocycles. The first-order valence-electron chi connectivity index (χ1n) is 10.0. The van der Waals surface area contributed by atoms with Crippen LogP contribution in [0, 0.1) is 0 Å². The van der Waals surface area contributed by atoms with Gasteiger partial charge in [0.1, 0.15) is 0 Å². The third-order valence-electron chi connectivity index (χ3n) is 4.05. The minimum absolute atomic E-state index is 0. The van der Waals surface area contributed by atoms with Gasteiger partial charge in [-0.25, -0.2) is 0 Å². The lowest BCUT2D eigenvalue weighted by molar-refractivity contribution is 0.126. The van der Waals surface area contributed by atoms with Gasteiger partial charge < -0.3 is 14.7 Å². The van der Waals surface area contributed by atoms with Crippen LogP contribution in [0.25, 0.3) is 0 Å². The van der Waals surface area contributed by atoms with Crippen molar-refractivity contribution < 1.29 is 0 Å². The highest BCUT2D eigenvalue weighted by Gasteiger charge is 2.15. The van der Waals surface area contributed by atoms with Crippen LogP contribution in [-0.2, 0) is 0 Å². The summed E-state index contributed by atoms with van der Waals surface area (Å²) in [5, 5.41) is 0. The summed E-state index contributed by atoms with van der Waals surface area (Å²) in [6.45, 7) is 24.2. The average molecular weight is 379 g/mol. The van der Waals surface area contributed by atoms with E-state index in [1.54, 1.807) is 0 Å². The summed E-state index contributed by atoms with van der Waals surface area (Å²) in [5.74, 6) is 0. The van der Waals surface area contributed by atoms with Crippen LogP contribution in [0.1, 0.15) is 70.2 Å². The van der Waals surface area contributed by atoms with Crippen molar-refractivity contribution in [3.05, 3.63) is 0 Å². The third-order valence-corrected chi connectivity index (χ3v) is 4.05. The number of likely N-dealkylation sites (N-methyl/N-ethyl adjacent to an activating group) is 3. The van der Waals surface area contributed by atoms with E-state index in [1.807, 2.05) is 27.7 Å². The van der Waals surface area contributed by atoms with E-state index in [-0.39, 0.29) is 14.9 Å². The molecule has 26 heavy (non-hydrogen) atoms. The van der Waals surface area contributed by atoms with E-state index < -0.39 is 0 Å². The van der Waals surface area contributed by atoms with E-state index in [0.29, 0.717) is 6.04 Å². The fourth-order valence-electron chi connectivity index (χ4n) is 1.95. The zero-order chi connectivity index (χ0) is 19.7. The maximum absolute atomic E-state index is 2.53. The molecule has 0 aromatic heterocycles. The molecule has 1 heterocycles. The van der Waals surface area contributed by atoms with E-state index in [4.69, 9.17) is 0 Å². The highest BCUT2D eigenvalue weighted by Crippen LogP contribution is 2.02. The van der Waals surface area contributed by atoms with Gasteiger partial charge in [0.05, 0.1) is 0 Å². The fourth-order valence-corrected chi connectivity index (χ4v) is 1.95. The van der Waals surface area contributed by atoms with Gasteiger partial charge in [0.2, 0.25) is 0 Å². The zero-order valence-electron chi connectivity index (χ0n) is 19.2. The Morgan fingerprint density at radius 3 is 1.38 bits per heavy atom. The first-order valence-corrected chi connectivity index (χ1v) is 10.0. The van der Waals surface area contributed by atoms with Gasteiger partial charge in [-0.3, -0.25) is 4.90 Å². The van der Waals surface area contributed by atoms with Crippen LogP contribution in [0.5, 0.6) is 0 Å². The third kappa shape index (κ3) is 23.8. The molecule has 0 unspecified atom stereocenters. The van der Waals surface area contributed by atoms with E-state index in [1.165, 1.54) is 26.2 Å². The molecule has 1 aliphatic rings. The summed E-state index contributed by atoms with van der Waals surface area (Å²) in [6.07, 6.45) is 0. The molecule has 1 aliphatic heterocycles. The topological polar surface area (TPSA) is 13.0 Å². The minimum Gasteiger partial charge on any atom is -0.308 e. The number of rotatable bonds is 5. The lowest BCUT2D eigenvalue weighted by Crippen LogP contribution is -2.47. The van der Waals surface area contributed by atoms with Crippen LogP contribution in [0.15, 0.2) is 0 Å². The van der Waals surface area contributed by atoms with Crippen molar-refractivity contribution in [2.75, 3.05) is 67.5 Å². The lowest BCUT2D eigenvalue weighted by atomic mass is 10.2. The Morgan fingerprint density at radius 2 is 1.12 bits per heavy atom. The van der Waals surface area contributed by atoms with Gasteiger partial charge in [-0.1, -0.05) is 42.5 Å². The van der Waals surface area contributed by atoms with Crippen LogP contribution in [-0.4, -0.2) is 99.1 Å². The summed E-state index contributed by atoms with van der Waals surface area (Å²) in [7, 11) is 8.56. The second kappa shape index (κ2) is 24.8. The van der Waals surface area contributed by atoms with Crippen LogP contribution in [0.3, 0.4) is 0 Å². The molecule has 0 aromatic rings. The molecule has 0 radical (unpaired) electrons. The van der Waals surface area contributed by atoms with Gasteiger partial charge in [0, 0.05) is 51.4 Å². The summed E-state index contributed by atoms with van der Waals surface area (Å²) in [5.41, 5.74) is 0. The van der Waals surface area contributed by atoms with Crippen LogP contribution in [0.4, 0.5) is 0 Å². The first kappa shape index (κ1) is 36.7. The summed E-state index contributed by atoms with van der Waals surface area (Å²) >= 11 is 0. The molecule has 4 nitrogen and oxygen atoms in total. The molecule has 166 valence electrons. The maximum Gasteiger partial charge on any atom is 0.0112 e. The summed E-state index contributed by atoms with van der Waals surface area (Å²) < 4.78 is 0. The second-order valence-electron chi connectivity index (χ2n) is 6.81. The molecule has 0 spiro atoms. The zero-order valence-corrected chi connectivity index (χ0v) is 19.2. The second-order valence-corrected chi connectivity index (χ2v) is 6.81. The highest BCUT2D eigenvalue weighted by atomic mass is 15.3. The monoisotopic (exact) mass is 378 g/mol. The SMILES string of the molecule is C.C.CC.CC.CC(C)N(C)CCN(C)C.CC(C)N1CCN(C)CC1. The highest BCUT2D eigenvalue weighted by molar-refractivity contribution is 4.71. The van der Waals surface area contributed by atoms with Gasteiger partial charge in [-0.15, -0.1) is 0 Å². The van der Waals surface area contributed by atoms with Crippen molar-refractivity contribution in [2.24, 2.45) is 0 Å². The molecular formula is C22H58N4.